The number of carboxylic acids is 2. The average molecular weight is 218 g/mol. The maximum absolute atomic E-state index is 10.8. The molecular weight excluding hydrogens is 208 g/mol. The second-order valence-corrected chi connectivity index (χ2v) is 3.95. The average Bonchev–Trinajstić information content (AvgIpc) is 2.27. The van der Waals surface area contributed by atoms with Crippen molar-refractivity contribution in [3.8, 4) is 0 Å². The van der Waals surface area contributed by atoms with Gasteiger partial charge in [-0.25, -0.2) is 0 Å². The summed E-state index contributed by atoms with van der Waals surface area (Å²) in [5, 5.41) is 21.6. The molecule has 0 amide bonds. The van der Waals surface area contributed by atoms with Gasteiger partial charge in [0.15, 0.2) is 0 Å². The van der Waals surface area contributed by atoms with E-state index >= 15 is 0 Å². The molecule has 0 atom stereocenters. The molecule has 0 radical (unpaired) electrons. The van der Waals surface area contributed by atoms with E-state index in [0.29, 0.717) is 0 Å². The first-order valence-corrected chi connectivity index (χ1v) is 5.18. The van der Waals surface area contributed by atoms with Gasteiger partial charge in [0.2, 0.25) is 0 Å². The van der Waals surface area contributed by atoms with E-state index in [2.05, 4.69) is 0 Å². The van der Waals surface area contributed by atoms with Gasteiger partial charge in [0.05, 0.1) is 11.9 Å². The van der Waals surface area contributed by atoms with Gasteiger partial charge in [-0.3, -0.25) is 0 Å². The third-order valence-corrected chi connectivity index (χ3v) is 2.92. The first-order valence-electron chi connectivity index (χ1n) is 5.18. The Hall–Kier alpha value is -1.84. The van der Waals surface area contributed by atoms with Gasteiger partial charge in [0, 0.05) is 11.1 Å². The summed E-state index contributed by atoms with van der Waals surface area (Å²) in [4.78, 5) is 21.6. The minimum Gasteiger partial charge on any atom is -0.545 e. The zero-order valence-corrected chi connectivity index (χ0v) is 8.62. The van der Waals surface area contributed by atoms with E-state index < -0.39 is 11.9 Å². The molecule has 2 rings (SSSR count). The minimum absolute atomic E-state index is 0.277. The third-order valence-electron chi connectivity index (χ3n) is 2.92. The number of aromatic carboxylic acids is 2. The molecule has 1 aliphatic rings. The van der Waals surface area contributed by atoms with Crippen LogP contribution in [0.25, 0.3) is 0 Å². The van der Waals surface area contributed by atoms with E-state index in [1.807, 2.05) is 0 Å². The van der Waals surface area contributed by atoms with Crippen molar-refractivity contribution in [3.05, 3.63) is 34.4 Å². The standard InChI is InChI=1S/C12H12O4/c13-11(14)9-5-7-3-1-2-4-8(7)6-10(9)12(15)16/h5-6H,1-4H2,(H,13,14)(H,15,16)/p-2. The van der Waals surface area contributed by atoms with Crippen LogP contribution in [0.2, 0.25) is 0 Å². The molecule has 1 aromatic carbocycles. The zero-order chi connectivity index (χ0) is 11.7. The Morgan fingerprint density at radius 3 is 1.56 bits per heavy atom. The fourth-order valence-electron chi connectivity index (χ4n) is 2.12. The van der Waals surface area contributed by atoms with Crippen molar-refractivity contribution in [2.45, 2.75) is 25.7 Å². The molecule has 0 saturated carbocycles. The molecule has 0 fully saturated rings. The van der Waals surface area contributed by atoms with Gasteiger partial charge in [-0.05, 0) is 48.9 Å². The second-order valence-electron chi connectivity index (χ2n) is 3.95. The summed E-state index contributed by atoms with van der Waals surface area (Å²) in [7, 11) is 0. The van der Waals surface area contributed by atoms with E-state index in [-0.39, 0.29) is 11.1 Å². The van der Waals surface area contributed by atoms with Gasteiger partial charge in [-0.2, -0.15) is 0 Å². The molecule has 1 aromatic rings. The molecule has 0 spiro atoms. The topological polar surface area (TPSA) is 80.3 Å². The highest BCUT2D eigenvalue weighted by Gasteiger charge is 2.14. The number of hydrogen-bond acceptors (Lipinski definition) is 4. The van der Waals surface area contributed by atoms with Gasteiger partial charge in [-0.1, -0.05) is 0 Å². The third kappa shape index (κ3) is 1.78. The fraction of sp³-hybridized carbons (Fsp3) is 0.333. The minimum atomic E-state index is -1.47. The summed E-state index contributed by atoms with van der Waals surface area (Å²) in [6, 6.07) is 2.82. The summed E-state index contributed by atoms with van der Waals surface area (Å²) in [6.45, 7) is 0. The lowest BCUT2D eigenvalue weighted by molar-refractivity contribution is -0.259. The van der Waals surface area contributed by atoms with Crippen LogP contribution < -0.4 is 10.2 Å². The Morgan fingerprint density at radius 2 is 1.25 bits per heavy atom. The van der Waals surface area contributed by atoms with Gasteiger partial charge >= 0.3 is 0 Å². The van der Waals surface area contributed by atoms with E-state index in [4.69, 9.17) is 0 Å². The molecular formula is C12H10O4-2. The van der Waals surface area contributed by atoms with Crippen molar-refractivity contribution >= 4 is 11.9 Å². The SMILES string of the molecule is O=C([O-])c1cc2c(cc1C(=O)[O-])CCCC2. The monoisotopic (exact) mass is 218 g/mol. The number of aryl methyl sites for hydroxylation is 2. The molecule has 0 aromatic heterocycles. The molecule has 0 unspecified atom stereocenters. The predicted molar refractivity (Wildman–Crippen MR) is 51.7 cm³/mol. The van der Waals surface area contributed by atoms with Crippen molar-refractivity contribution in [1.82, 2.24) is 0 Å². The molecule has 0 N–H and O–H groups in total. The van der Waals surface area contributed by atoms with E-state index in [9.17, 15) is 19.8 Å². The molecule has 1 aliphatic carbocycles. The molecule has 16 heavy (non-hydrogen) atoms. The van der Waals surface area contributed by atoms with Gasteiger partial charge in [0.1, 0.15) is 0 Å². The summed E-state index contributed by atoms with van der Waals surface area (Å²) in [5.74, 6) is -2.93. The molecule has 0 saturated heterocycles. The van der Waals surface area contributed by atoms with E-state index in [1.165, 1.54) is 12.1 Å². The van der Waals surface area contributed by atoms with Crippen LogP contribution in [0.3, 0.4) is 0 Å². The normalized spacial score (nSPS) is 14.2. The smallest absolute Gasteiger partial charge is 0.0722 e. The number of benzene rings is 1. The van der Waals surface area contributed by atoms with Crippen LogP contribution in [0.15, 0.2) is 12.1 Å². The van der Waals surface area contributed by atoms with Crippen molar-refractivity contribution < 1.29 is 19.8 Å². The van der Waals surface area contributed by atoms with Crippen LogP contribution in [0, 0.1) is 0 Å². The highest BCUT2D eigenvalue weighted by Crippen LogP contribution is 2.24. The number of hydrogen-bond donors (Lipinski definition) is 0. The highest BCUT2D eigenvalue weighted by atomic mass is 16.4. The lowest BCUT2D eigenvalue weighted by Gasteiger charge is -2.20. The molecule has 4 nitrogen and oxygen atoms in total. The van der Waals surface area contributed by atoms with Crippen molar-refractivity contribution in [3.63, 3.8) is 0 Å². The Morgan fingerprint density at radius 1 is 0.875 bits per heavy atom. The van der Waals surface area contributed by atoms with Crippen LogP contribution in [0.5, 0.6) is 0 Å². The Labute approximate surface area is 92.5 Å². The first-order chi connectivity index (χ1) is 7.59. The summed E-state index contributed by atoms with van der Waals surface area (Å²) < 4.78 is 0. The molecule has 4 heteroatoms. The summed E-state index contributed by atoms with van der Waals surface area (Å²) in [5.41, 5.74) is 1.27. The maximum atomic E-state index is 10.8. The molecule has 0 aliphatic heterocycles. The number of fused-ring (bicyclic) bond motifs is 1. The van der Waals surface area contributed by atoms with Gasteiger partial charge in [-0.15, -0.1) is 0 Å². The number of rotatable bonds is 2. The Balaban J connectivity index is 2.59. The summed E-state index contributed by atoms with van der Waals surface area (Å²) >= 11 is 0. The predicted octanol–water partition coefficient (Wildman–Crippen LogP) is -0.708. The van der Waals surface area contributed by atoms with Crippen LogP contribution >= 0.6 is 0 Å². The lowest BCUT2D eigenvalue weighted by Crippen LogP contribution is -2.30. The van der Waals surface area contributed by atoms with Crippen molar-refractivity contribution in [2.24, 2.45) is 0 Å². The van der Waals surface area contributed by atoms with Crippen LogP contribution in [-0.4, -0.2) is 11.9 Å². The van der Waals surface area contributed by atoms with Crippen molar-refractivity contribution in [1.29, 1.82) is 0 Å². The first kappa shape index (κ1) is 10.7. The number of carbonyl (C=O) groups excluding carboxylic acids is 2. The van der Waals surface area contributed by atoms with Crippen LogP contribution in [0.1, 0.15) is 44.7 Å². The highest BCUT2D eigenvalue weighted by molar-refractivity contribution is 6.00. The second kappa shape index (κ2) is 3.96. The maximum Gasteiger partial charge on any atom is 0.0722 e. The molecule has 0 heterocycles. The largest absolute Gasteiger partial charge is 0.545 e. The van der Waals surface area contributed by atoms with Gasteiger partial charge < -0.3 is 19.8 Å². The Bertz CT molecular complexity index is 419. The van der Waals surface area contributed by atoms with E-state index in [0.717, 1.165) is 36.8 Å². The zero-order valence-electron chi connectivity index (χ0n) is 8.62. The fourth-order valence-corrected chi connectivity index (χ4v) is 2.12. The number of carboxylic acid groups (broad SMARTS) is 2. The number of carbonyl (C=O) groups is 2. The lowest BCUT2D eigenvalue weighted by atomic mass is 9.88. The molecule has 0 bridgehead atoms. The van der Waals surface area contributed by atoms with Crippen LogP contribution in [-0.2, 0) is 12.8 Å². The Kier molecular flexibility index (Phi) is 2.64. The summed E-state index contributed by atoms with van der Waals surface area (Å²) in [6.07, 6.45) is 3.60. The van der Waals surface area contributed by atoms with Gasteiger partial charge in [0.25, 0.3) is 0 Å². The quantitative estimate of drug-likeness (QED) is 0.657. The van der Waals surface area contributed by atoms with Crippen molar-refractivity contribution in [2.75, 3.05) is 0 Å². The van der Waals surface area contributed by atoms with E-state index in [1.54, 1.807) is 0 Å². The van der Waals surface area contributed by atoms with Crippen LogP contribution in [0.4, 0.5) is 0 Å². The molecule has 84 valence electrons.